The van der Waals surface area contributed by atoms with Crippen molar-refractivity contribution in [3.05, 3.63) is 17.7 Å². The molecule has 7 heteroatoms. The lowest BCUT2D eigenvalue weighted by molar-refractivity contribution is -0.122. The summed E-state index contributed by atoms with van der Waals surface area (Å²) in [7, 11) is 4.75. The van der Waals surface area contributed by atoms with Crippen LogP contribution in [0.25, 0.3) is 0 Å². The van der Waals surface area contributed by atoms with Crippen LogP contribution in [0.1, 0.15) is 25.3 Å². The molecule has 2 rings (SSSR count). The highest BCUT2D eigenvalue weighted by Gasteiger charge is 2.22. The average Bonchev–Trinajstić information content (AvgIpc) is 2.60. The van der Waals surface area contributed by atoms with Gasteiger partial charge in [0.1, 0.15) is 0 Å². The number of ether oxygens (including phenoxy) is 3. The molecule has 0 saturated carbocycles. The second kappa shape index (κ2) is 10.4. The molecule has 1 amide bonds. The van der Waals surface area contributed by atoms with Gasteiger partial charge >= 0.3 is 0 Å². The van der Waals surface area contributed by atoms with E-state index in [0.717, 1.165) is 25.1 Å². The van der Waals surface area contributed by atoms with Gasteiger partial charge in [0.05, 0.1) is 21.3 Å². The first-order chi connectivity index (χ1) is 11.6. The molecule has 2 unspecified atom stereocenters. The quantitative estimate of drug-likeness (QED) is 0.767. The van der Waals surface area contributed by atoms with Crippen LogP contribution >= 0.6 is 12.4 Å². The molecule has 1 heterocycles. The lowest BCUT2D eigenvalue weighted by Gasteiger charge is -2.30. The Balaban J connectivity index is 0.00000312. The zero-order valence-corrected chi connectivity index (χ0v) is 16.2. The van der Waals surface area contributed by atoms with Gasteiger partial charge in [0.15, 0.2) is 11.5 Å². The van der Waals surface area contributed by atoms with Crippen molar-refractivity contribution >= 4 is 18.3 Å². The van der Waals surface area contributed by atoms with Crippen molar-refractivity contribution in [3.8, 4) is 17.2 Å². The topological polar surface area (TPSA) is 68.8 Å². The van der Waals surface area contributed by atoms with Crippen LogP contribution in [0.2, 0.25) is 0 Å². The molecule has 0 radical (unpaired) electrons. The Bertz CT molecular complexity index is 543. The van der Waals surface area contributed by atoms with Gasteiger partial charge in [-0.15, -0.1) is 12.4 Å². The van der Waals surface area contributed by atoms with Crippen LogP contribution < -0.4 is 24.8 Å². The molecule has 2 atom stereocenters. The molecule has 0 aliphatic carbocycles. The van der Waals surface area contributed by atoms with E-state index in [-0.39, 0.29) is 24.4 Å². The maximum atomic E-state index is 12.2. The van der Waals surface area contributed by atoms with Crippen molar-refractivity contribution in [2.75, 3.05) is 34.4 Å². The first-order valence-electron chi connectivity index (χ1n) is 8.38. The Kier molecular flexibility index (Phi) is 8.86. The Morgan fingerprint density at radius 3 is 2.36 bits per heavy atom. The van der Waals surface area contributed by atoms with Crippen molar-refractivity contribution < 1.29 is 19.0 Å². The summed E-state index contributed by atoms with van der Waals surface area (Å²) in [5.74, 6) is 2.37. The minimum atomic E-state index is 0. The van der Waals surface area contributed by atoms with Crippen LogP contribution in [0.4, 0.5) is 0 Å². The molecule has 1 aromatic rings. The number of benzene rings is 1. The van der Waals surface area contributed by atoms with E-state index < -0.39 is 0 Å². The van der Waals surface area contributed by atoms with Crippen LogP contribution in [0, 0.1) is 5.92 Å². The van der Waals surface area contributed by atoms with Gasteiger partial charge in [0.2, 0.25) is 11.7 Å². The highest BCUT2D eigenvalue weighted by molar-refractivity contribution is 5.85. The van der Waals surface area contributed by atoms with E-state index >= 15 is 0 Å². The summed E-state index contributed by atoms with van der Waals surface area (Å²) >= 11 is 0. The molecular formula is C18H29ClN2O4. The first kappa shape index (κ1) is 21.4. The summed E-state index contributed by atoms with van der Waals surface area (Å²) in [6.07, 6.45) is 2.15. The molecule has 0 spiro atoms. The number of amides is 1. The Hall–Kier alpha value is -1.66. The number of halogens is 1. The molecule has 1 aliphatic heterocycles. The van der Waals surface area contributed by atoms with E-state index in [4.69, 9.17) is 14.2 Å². The van der Waals surface area contributed by atoms with Gasteiger partial charge in [-0.2, -0.15) is 0 Å². The van der Waals surface area contributed by atoms with Crippen molar-refractivity contribution in [1.82, 2.24) is 10.6 Å². The van der Waals surface area contributed by atoms with Gasteiger partial charge in [-0.3, -0.25) is 4.79 Å². The maximum absolute atomic E-state index is 12.2. The molecule has 1 fully saturated rings. The monoisotopic (exact) mass is 372 g/mol. The predicted octanol–water partition coefficient (Wildman–Crippen LogP) is 2.18. The molecule has 0 aromatic heterocycles. The van der Waals surface area contributed by atoms with Gasteiger partial charge in [0, 0.05) is 19.0 Å². The van der Waals surface area contributed by atoms with E-state index in [2.05, 4.69) is 17.6 Å². The minimum Gasteiger partial charge on any atom is -0.493 e. The van der Waals surface area contributed by atoms with Gasteiger partial charge in [-0.1, -0.05) is 6.92 Å². The number of hydrogen-bond donors (Lipinski definition) is 2. The number of nitrogens with one attached hydrogen (secondary N) is 2. The summed E-state index contributed by atoms with van der Waals surface area (Å²) in [5.41, 5.74) is 0.981. The number of hydrogen-bond acceptors (Lipinski definition) is 5. The molecular weight excluding hydrogens is 344 g/mol. The number of methoxy groups -OCH3 is 3. The number of piperidine rings is 1. The molecule has 142 valence electrons. The Labute approximate surface area is 156 Å². The third-order valence-electron chi connectivity index (χ3n) is 4.54. The molecule has 25 heavy (non-hydrogen) atoms. The highest BCUT2D eigenvalue weighted by atomic mass is 35.5. The van der Waals surface area contributed by atoms with E-state index in [9.17, 15) is 4.79 Å². The first-order valence-corrected chi connectivity index (χ1v) is 8.38. The maximum Gasteiger partial charge on any atom is 0.220 e. The molecule has 1 aliphatic rings. The average molecular weight is 373 g/mol. The van der Waals surface area contributed by atoms with Gasteiger partial charge < -0.3 is 24.8 Å². The fraction of sp³-hybridized carbons (Fsp3) is 0.611. The third kappa shape index (κ3) is 5.68. The van der Waals surface area contributed by atoms with Crippen molar-refractivity contribution in [2.45, 2.75) is 32.2 Å². The number of aryl methyl sites for hydroxylation is 1. The van der Waals surface area contributed by atoms with E-state index in [1.54, 1.807) is 21.3 Å². The summed E-state index contributed by atoms with van der Waals surface area (Å²) in [5, 5.41) is 6.46. The van der Waals surface area contributed by atoms with Crippen LogP contribution in [0.3, 0.4) is 0 Å². The molecule has 1 saturated heterocycles. The number of carbonyl (C=O) groups is 1. The second-order valence-corrected chi connectivity index (χ2v) is 6.18. The minimum absolute atomic E-state index is 0. The Morgan fingerprint density at radius 1 is 1.20 bits per heavy atom. The fourth-order valence-corrected chi connectivity index (χ4v) is 3.00. The van der Waals surface area contributed by atoms with E-state index in [0.29, 0.717) is 36.0 Å². The van der Waals surface area contributed by atoms with Crippen LogP contribution in [-0.4, -0.2) is 46.4 Å². The summed E-state index contributed by atoms with van der Waals surface area (Å²) in [4.78, 5) is 12.2. The van der Waals surface area contributed by atoms with Crippen LogP contribution in [0.5, 0.6) is 17.2 Å². The summed E-state index contributed by atoms with van der Waals surface area (Å²) in [6, 6.07) is 3.99. The third-order valence-corrected chi connectivity index (χ3v) is 4.54. The molecule has 2 N–H and O–H groups in total. The predicted molar refractivity (Wildman–Crippen MR) is 100 cm³/mol. The highest BCUT2D eigenvalue weighted by Crippen LogP contribution is 2.38. The normalized spacial score (nSPS) is 19.5. The summed E-state index contributed by atoms with van der Waals surface area (Å²) < 4.78 is 16.0. The van der Waals surface area contributed by atoms with Crippen molar-refractivity contribution in [2.24, 2.45) is 5.92 Å². The zero-order chi connectivity index (χ0) is 17.5. The molecule has 1 aromatic carbocycles. The van der Waals surface area contributed by atoms with Crippen LogP contribution in [-0.2, 0) is 11.2 Å². The molecule has 0 bridgehead atoms. The van der Waals surface area contributed by atoms with Crippen molar-refractivity contribution in [3.63, 3.8) is 0 Å². The number of carbonyl (C=O) groups excluding carboxylic acids is 1. The SMILES string of the molecule is COc1cc(CCC(=O)NC2CNCCC2C)cc(OC)c1OC.Cl. The smallest absolute Gasteiger partial charge is 0.220 e. The lowest BCUT2D eigenvalue weighted by Crippen LogP contribution is -2.50. The van der Waals surface area contributed by atoms with Crippen LogP contribution in [0.15, 0.2) is 12.1 Å². The van der Waals surface area contributed by atoms with Gasteiger partial charge in [0.25, 0.3) is 0 Å². The zero-order valence-electron chi connectivity index (χ0n) is 15.4. The second-order valence-electron chi connectivity index (χ2n) is 6.18. The lowest BCUT2D eigenvalue weighted by atomic mass is 9.94. The fourth-order valence-electron chi connectivity index (χ4n) is 3.00. The van der Waals surface area contributed by atoms with E-state index in [1.165, 1.54) is 0 Å². The van der Waals surface area contributed by atoms with E-state index in [1.807, 2.05) is 12.1 Å². The summed E-state index contributed by atoms with van der Waals surface area (Å²) in [6.45, 7) is 4.06. The van der Waals surface area contributed by atoms with Crippen molar-refractivity contribution in [1.29, 1.82) is 0 Å². The largest absolute Gasteiger partial charge is 0.493 e. The van der Waals surface area contributed by atoms with Gasteiger partial charge in [-0.05, 0) is 43.0 Å². The standard InChI is InChI=1S/C18H28N2O4.ClH/c1-12-7-8-19-11-14(12)20-17(21)6-5-13-9-15(22-2)18(24-4)16(10-13)23-3;/h9-10,12,14,19H,5-8,11H2,1-4H3,(H,20,21);1H. The Morgan fingerprint density at radius 2 is 1.84 bits per heavy atom. The molecule has 6 nitrogen and oxygen atoms in total. The number of rotatable bonds is 7. The van der Waals surface area contributed by atoms with Gasteiger partial charge in [-0.25, -0.2) is 0 Å².